The van der Waals surface area contributed by atoms with Crippen molar-refractivity contribution in [2.24, 2.45) is 5.73 Å². The first-order valence-electron chi connectivity index (χ1n) is 5.97. The zero-order valence-electron chi connectivity index (χ0n) is 10.4. The third-order valence-electron chi connectivity index (χ3n) is 3.03. The van der Waals surface area contributed by atoms with Gasteiger partial charge in [-0.05, 0) is 18.6 Å². The second-order valence-electron chi connectivity index (χ2n) is 4.33. The van der Waals surface area contributed by atoms with Crippen LogP contribution in [0.15, 0.2) is 28.8 Å². The number of aromatic nitrogens is 2. The monoisotopic (exact) mass is 249 g/mol. The molecule has 2 aromatic rings. The first kappa shape index (κ1) is 12.7. The molecule has 0 saturated heterocycles. The van der Waals surface area contributed by atoms with Crippen molar-refractivity contribution in [3.8, 4) is 11.4 Å². The van der Waals surface area contributed by atoms with Gasteiger partial charge in [-0.25, -0.2) is 4.39 Å². The predicted molar refractivity (Wildman–Crippen MR) is 66.4 cm³/mol. The number of nitrogens with zero attached hydrogens (tertiary/aromatic N) is 2. The highest BCUT2D eigenvalue weighted by Gasteiger charge is 2.20. The van der Waals surface area contributed by atoms with Gasteiger partial charge in [0, 0.05) is 11.6 Å². The van der Waals surface area contributed by atoms with Crippen LogP contribution >= 0.6 is 0 Å². The van der Waals surface area contributed by atoms with E-state index in [0.717, 1.165) is 6.42 Å². The Morgan fingerprint density at radius 1 is 1.44 bits per heavy atom. The highest BCUT2D eigenvalue weighted by atomic mass is 19.1. The van der Waals surface area contributed by atoms with Crippen LogP contribution in [0.1, 0.15) is 32.1 Å². The van der Waals surface area contributed by atoms with Crippen molar-refractivity contribution in [3.05, 3.63) is 36.0 Å². The molecular weight excluding hydrogens is 233 g/mol. The number of rotatable bonds is 4. The van der Waals surface area contributed by atoms with E-state index in [2.05, 4.69) is 10.1 Å². The van der Waals surface area contributed by atoms with E-state index in [9.17, 15) is 4.39 Å². The quantitative estimate of drug-likeness (QED) is 0.904. The topological polar surface area (TPSA) is 64.9 Å². The highest BCUT2D eigenvalue weighted by molar-refractivity contribution is 5.53. The van der Waals surface area contributed by atoms with Crippen molar-refractivity contribution in [1.82, 2.24) is 10.1 Å². The van der Waals surface area contributed by atoms with Crippen molar-refractivity contribution in [1.29, 1.82) is 0 Å². The smallest absolute Gasteiger partial charge is 0.231 e. The molecule has 0 bridgehead atoms. The molecule has 1 aromatic heterocycles. The Kier molecular flexibility index (Phi) is 3.72. The number of nitrogens with two attached hydrogens (primary N) is 1. The lowest BCUT2D eigenvalue weighted by molar-refractivity contribution is 0.340. The molecule has 0 radical (unpaired) electrons. The molecule has 2 unspecified atom stereocenters. The van der Waals surface area contributed by atoms with Crippen LogP contribution in [0, 0.1) is 5.82 Å². The molecule has 1 heterocycles. The first-order chi connectivity index (χ1) is 8.61. The second kappa shape index (κ2) is 5.27. The second-order valence-corrected chi connectivity index (χ2v) is 4.33. The molecule has 0 aliphatic carbocycles. The summed E-state index contributed by atoms with van der Waals surface area (Å²) in [7, 11) is 0. The van der Waals surface area contributed by atoms with Crippen molar-refractivity contribution >= 4 is 0 Å². The van der Waals surface area contributed by atoms with E-state index in [0.29, 0.717) is 17.3 Å². The van der Waals surface area contributed by atoms with Crippen LogP contribution in [0.5, 0.6) is 0 Å². The molecule has 2 N–H and O–H groups in total. The van der Waals surface area contributed by atoms with E-state index < -0.39 is 0 Å². The van der Waals surface area contributed by atoms with E-state index in [1.54, 1.807) is 12.1 Å². The van der Waals surface area contributed by atoms with E-state index >= 15 is 0 Å². The minimum absolute atomic E-state index is 0.00944. The third kappa shape index (κ3) is 2.56. The van der Waals surface area contributed by atoms with Gasteiger partial charge in [0.25, 0.3) is 0 Å². The molecule has 0 fully saturated rings. The summed E-state index contributed by atoms with van der Waals surface area (Å²) in [6.45, 7) is 3.95. The van der Waals surface area contributed by atoms with Crippen LogP contribution in [0.4, 0.5) is 4.39 Å². The molecule has 18 heavy (non-hydrogen) atoms. The molecule has 2 rings (SSSR count). The summed E-state index contributed by atoms with van der Waals surface area (Å²) in [4.78, 5) is 4.27. The Labute approximate surface area is 105 Å². The highest BCUT2D eigenvalue weighted by Crippen LogP contribution is 2.22. The van der Waals surface area contributed by atoms with E-state index in [1.807, 2.05) is 13.8 Å². The SMILES string of the molecule is CCC(N)C(C)c1nc(-c2cccc(F)c2)no1. The van der Waals surface area contributed by atoms with Gasteiger partial charge in [-0.2, -0.15) is 4.98 Å². The lowest BCUT2D eigenvalue weighted by Gasteiger charge is -2.13. The van der Waals surface area contributed by atoms with Crippen molar-refractivity contribution in [3.63, 3.8) is 0 Å². The van der Waals surface area contributed by atoms with Gasteiger partial charge in [-0.1, -0.05) is 31.1 Å². The fourth-order valence-corrected chi connectivity index (χ4v) is 1.70. The van der Waals surface area contributed by atoms with Gasteiger partial charge >= 0.3 is 0 Å². The summed E-state index contributed by atoms with van der Waals surface area (Å²) in [6.07, 6.45) is 0.832. The van der Waals surface area contributed by atoms with Gasteiger partial charge in [-0.15, -0.1) is 0 Å². The summed E-state index contributed by atoms with van der Waals surface area (Å²) < 4.78 is 18.3. The number of halogens is 1. The van der Waals surface area contributed by atoms with Gasteiger partial charge in [0.15, 0.2) is 0 Å². The lowest BCUT2D eigenvalue weighted by Crippen LogP contribution is -2.25. The molecule has 2 atom stereocenters. The maximum absolute atomic E-state index is 13.1. The first-order valence-corrected chi connectivity index (χ1v) is 5.97. The minimum atomic E-state index is -0.322. The fraction of sp³-hybridized carbons (Fsp3) is 0.385. The number of hydrogen-bond donors (Lipinski definition) is 1. The molecule has 0 aliphatic rings. The van der Waals surface area contributed by atoms with Crippen LogP contribution in [0.25, 0.3) is 11.4 Å². The van der Waals surface area contributed by atoms with Crippen LogP contribution in [-0.2, 0) is 0 Å². The summed E-state index contributed by atoms with van der Waals surface area (Å²) >= 11 is 0. The van der Waals surface area contributed by atoms with E-state index in [4.69, 9.17) is 10.3 Å². The Bertz CT molecular complexity index is 526. The summed E-state index contributed by atoms with van der Waals surface area (Å²) in [5.74, 6) is 0.547. The van der Waals surface area contributed by atoms with Crippen LogP contribution in [-0.4, -0.2) is 16.2 Å². The summed E-state index contributed by atoms with van der Waals surface area (Å²) in [5.41, 5.74) is 6.53. The molecule has 1 aromatic carbocycles. The van der Waals surface area contributed by atoms with Gasteiger partial charge in [-0.3, -0.25) is 0 Å². The Morgan fingerprint density at radius 2 is 2.22 bits per heavy atom. The average Bonchev–Trinajstić information content (AvgIpc) is 2.86. The van der Waals surface area contributed by atoms with Crippen LogP contribution < -0.4 is 5.73 Å². The summed E-state index contributed by atoms with van der Waals surface area (Å²) in [6, 6.07) is 6.08. The molecule has 0 saturated carbocycles. The zero-order valence-corrected chi connectivity index (χ0v) is 10.4. The standard InChI is InChI=1S/C13H16FN3O/c1-3-11(15)8(2)13-16-12(17-18-13)9-5-4-6-10(14)7-9/h4-8,11H,3,15H2,1-2H3. The van der Waals surface area contributed by atoms with Crippen LogP contribution in [0.3, 0.4) is 0 Å². The third-order valence-corrected chi connectivity index (χ3v) is 3.03. The molecule has 0 amide bonds. The number of hydrogen-bond acceptors (Lipinski definition) is 4. The molecule has 96 valence electrons. The molecular formula is C13H16FN3O. The summed E-state index contributed by atoms with van der Waals surface area (Å²) in [5, 5.41) is 3.86. The fourth-order valence-electron chi connectivity index (χ4n) is 1.70. The maximum atomic E-state index is 13.1. The van der Waals surface area contributed by atoms with E-state index in [-0.39, 0.29) is 17.8 Å². The molecule has 4 nitrogen and oxygen atoms in total. The molecule has 5 heteroatoms. The Hall–Kier alpha value is -1.75. The van der Waals surface area contributed by atoms with Crippen LogP contribution in [0.2, 0.25) is 0 Å². The minimum Gasteiger partial charge on any atom is -0.339 e. The average molecular weight is 249 g/mol. The molecule has 0 aliphatic heterocycles. The van der Waals surface area contributed by atoms with Crippen molar-refractivity contribution in [2.75, 3.05) is 0 Å². The Morgan fingerprint density at radius 3 is 2.89 bits per heavy atom. The van der Waals surface area contributed by atoms with Gasteiger partial charge < -0.3 is 10.3 Å². The lowest BCUT2D eigenvalue weighted by atomic mass is 10.0. The van der Waals surface area contributed by atoms with Gasteiger partial charge in [0.2, 0.25) is 11.7 Å². The predicted octanol–water partition coefficient (Wildman–Crippen LogP) is 2.72. The van der Waals surface area contributed by atoms with E-state index in [1.165, 1.54) is 12.1 Å². The Balaban J connectivity index is 2.25. The zero-order chi connectivity index (χ0) is 13.1. The maximum Gasteiger partial charge on any atom is 0.231 e. The van der Waals surface area contributed by atoms with Crippen molar-refractivity contribution < 1.29 is 8.91 Å². The van der Waals surface area contributed by atoms with Crippen molar-refractivity contribution in [2.45, 2.75) is 32.2 Å². The largest absolute Gasteiger partial charge is 0.339 e. The van der Waals surface area contributed by atoms with Gasteiger partial charge in [0.1, 0.15) is 5.82 Å². The number of benzene rings is 1. The normalized spacial score (nSPS) is 14.4. The van der Waals surface area contributed by atoms with Gasteiger partial charge in [0.05, 0.1) is 5.92 Å². The molecule has 0 spiro atoms.